The van der Waals surface area contributed by atoms with E-state index in [9.17, 15) is 0 Å². The highest BCUT2D eigenvalue weighted by atomic mass is 14.9. The first-order chi connectivity index (χ1) is 9.74. The minimum absolute atomic E-state index is 0.788. The Labute approximate surface area is 119 Å². The van der Waals surface area contributed by atoms with E-state index in [2.05, 4.69) is 54.7 Å². The third-order valence-electron chi connectivity index (χ3n) is 3.61. The number of aryl methyl sites for hydroxylation is 1. The lowest BCUT2D eigenvalue weighted by molar-refractivity contribution is 1.16. The largest absolute Gasteiger partial charge is 0.399 e. The van der Waals surface area contributed by atoms with Crippen molar-refractivity contribution in [2.75, 3.05) is 11.1 Å². The minimum Gasteiger partial charge on any atom is -0.399 e. The third kappa shape index (κ3) is 2.45. The van der Waals surface area contributed by atoms with Crippen molar-refractivity contribution in [1.82, 2.24) is 0 Å². The third-order valence-corrected chi connectivity index (χ3v) is 3.61. The van der Waals surface area contributed by atoms with Crippen molar-refractivity contribution in [1.29, 1.82) is 0 Å². The molecule has 0 aliphatic rings. The molecule has 0 atom stereocenters. The molecule has 0 aliphatic heterocycles. The number of hydrogen-bond acceptors (Lipinski definition) is 2. The van der Waals surface area contributed by atoms with Gasteiger partial charge in [-0.25, -0.2) is 0 Å². The van der Waals surface area contributed by atoms with E-state index in [-0.39, 0.29) is 0 Å². The van der Waals surface area contributed by atoms with Crippen molar-refractivity contribution < 1.29 is 0 Å². The van der Waals surface area contributed by atoms with Gasteiger partial charge in [0.1, 0.15) is 0 Å². The van der Waals surface area contributed by atoms with E-state index in [1.165, 1.54) is 21.9 Å². The van der Waals surface area contributed by atoms with Crippen molar-refractivity contribution in [3.8, 4) is 0 Å². The lowest BCUT2D eigenvalue weighted by Crippen LogP contribution is -2.02. The van der Waals surface area contributed by atoms with Crippen LogP contribution in [0.1, 0.15) is 11.1 Å². The maximum Gasteiger partial charge on any atom is 0.0407 e. The maximum atomic E-state index is 5.85. The highest BCUT2D eigenvalue weighted by molar-refractivity contribution is 5.85. The zero-order chi connectivity index (χ0) is 13.9. The van der Waals surface area contributed by atoms with Crippen LogP contribution in [0.4, 0.5) is 11.4 Å². The van der Waals surface area contributed by atoms with Crippen LogP contribution in [0.5, 0.6) is 0 Å². The molecule has 0 bridgehead atoms. The average Bonchev–Trinajstić information content (AvgIpc) is 2.48. The Hall–Kier alpha value is -2.48. The average molecular weight is 262 g/mol. The smallest absolute Gasteiger partial charge is 0.0407 e. The molecular formula is C18H18N2. The fourth-order valence-corrected chi connectivity index (χ4v) is 2.47. The van der Waals surface area contributed by atoms with Crippen LogP contribution < -0.4 is 11.1 Å². The van der Waals surface area contributed by atoms with Crippen LogP contribution in [0, 0.1) is 6.92 Å². The molecular weight excluding hydrogens is 244 g/mol. The van der Waals surface area contributed by atoms with E-state index < -0.39 is 0 Å². The van der Waals surface area contributed by atoms with Gasteiger partial charge in [-0.3, -0.25) is 0 Å². The monoisotopic (exact) mass is 262 g/mol. The van der Waals surface area contributed by atoms with Crippen LogP contribution in [0.15, 0.2) is 60.7 Å². The van der Waals surface area contributed by atoms with E-state index in [0.29, 0.717) is 0 Å². The number of nitrogens with one attached hydrogen (secondary N) is 1. The summed E-state index contributed by atoms with van der Waals surface area (Å²) in [4.78, 5) is 0. The van der Waals surface area contributed by atoms with Crippen molar-refractivity contribution in [2.24, 2.45) is 0 Å². The molecule has 0 radical (unpaired) electrons. The van der Waals surface area contributed by atoms with E-state index >= 15 is 0 Å². The molecule has 3 N–H and O–H groups in total. The molecule has 0 unspecified atom stereocenters. The van der Waals surface area contributed by atoms with Gasteiger partial charge >= 0.3 is 0 Å². The van der Waals surface area contributed by atoms with Gasteiger partial charge in [0, 0.05) is 17.9 Å². The predicted molar refractivity (Wildman–Crippen MR) is 86.9 cm³/mol. The van der Waals surface area contributed by atoms with E-state index in [4.69, 9.17) is 5.73 Å². The molecule has 0 aromatic heterocycles. The molecule has 100 valence electrons. The summed E-state index contributed by atoms with van der Waals surface area (Å²) >= 11 is 0. The van der Waals surface area contributed by atoms with Crippen LogP contribution >= 0.6 is 0 Å². The van der Waals surface area contributed by atoms with Gasteiger partial charge in [0.15, 0.2) is 0 Å². The summed E-state index contributed by atoms with van der Waals surface area (Å²) in [5.74, 6) is 0. The van der Waals surface area contributed by atoms with Crippen molar-refractivity contribution in [3.05, 3.63) is 71.8 Å². The number of benzene rings is 3. The van der Waals surface area contributed by atoms with Gasteiger partial charge < -0.3 is 11.1 Å². The maximum absolute atomic E-state index is 5.85. The Bertz CT molecular complexity index is 742. The summed E-state index contributed by atoms with van der Waals surface area (Å²) in [5.41, 5.74) is 10.2. The molecule has 2 heteroatoms. The number of fused-ring (bicyclic) bond motifs is 1. The van der Waals surface area contributed by atoms with Crippen LogP contribution in [0.3, 0.4) is 0 Å². The van der Waals surface area contributed by atoms with Crippen molar-refractivity contribution in [2.45, 2.75) is 13.5 Å². The zero-order valence-corrected chi connectivity index (χ0v) is 11.6. The highest BCUT2D eigenvalue weighted by Crippen LogP contribution is 2.22. The van der Waals surface area contributed by atoms with Crippen molar-refractivity contribution in [3.63, 3.8) is 0 Å². The Kier molecular flexibility index (Phi) is 3.30. The van der Waals surface area contributed by atoms with E-state index in [0.717, 1.165) is 17.9 Å². The lowest BCUT2D eigenvalue weighted by atomic mass is 10.0. The summed E-state index contributed by atoms with van der Waals surface area (Å²) in [6.07, 6.45) is 0. The van der Waals surface area contributed by atoms with E-state index in [1.54, 1.807) is 0 Å². The van der Waals surface area contributed by atoms with Crippen LogP contribution in [0.25, 0.3) is 10.8 Å². The molecule has 3 aromatic rings. The predicted octanol–water partition coefficient (Wildman–Crippen LogP) is 4.34. The molecule has 0 heterocycles. The fraction of sp³-hybridized carbons (Fsp3) is 0.111. The standard InChI is InChI=1S/C18H18N2/c1-13-9-10-16(19)11-18(13)20-12-15-7-4-6-14-5-2-3-8-17(14)15/h2-11,20H,12,19H2,1H3. The molecule has 20 heavy (non-hydrogen) atoms. The molecule has 2 nitrogen and oxygen atoms in total. The number of rotatable bonds is 3. The summed E-state index contributed by atoms with van der Waals surface area (Å²) < 4.78 is 0. The second-order valence-electron chi connectivity index (χ2n) is 5.07. The second-order valence-corrected chi connectivity index (χ2v) is 5.07. The van der Waals surface area contributed by atoms with Gasteiger partial charge in [0.2, 0.25) is 0 Å². The first kappa shape index (κ1) is 12.5. The first-order valence-electron chi connectivity index (χ1n) is 6.81. The zero-order valence-electron chi connectivity index (χ0n) is 11.6. The van der Waals surface area contributed by atoms with Gasteiger partial charge in [0.25, 0.3) is 0 Å². The summed E-state index contributed by atoms with van der Waals surface area (Å²) in [5, 5.41) is 6.05. The number of hydrogen-bond donors (Lipinski definition) is 2. The molecule has 0 aliphatic carbocycles. The number of nitrogens with two attached hydrogens (primary N) is 1. The van der Waals surface area contributed by atoms with Crippen LogP contribution in [-0.4, -0.2) is 0 Å². The molecule has 0 saturated heterocycles. The molecule has 3 rings (SSSR count). The Morgan fingerprint density at radius 1 is 0.950 bits per heavy atom. The Balaban J connectivity index is 1.89. The molecule has 0 fully saturated rings. The van der Waals surface area contributed by atoms with Gasteiger partial charge in [-0.2, -0.15) is 0 Å². The highest BCUT2D eigenvalue weighted by Gasteiger charge is 2.02. The summed E-state index contributed by atoms with van der Waals surface area (Å²) in [7, 11) is 0. The van der Waals surface area contributed by atoms with Crippen LogP contribution in [-0.2, 0) is 6.54 Å². The van der Waals surface area contributed by atoms with Gasteiger partial charge in [0.05, 0.1) is 0 Å². The van der Waals surface area contributed by atoms with Crippen LogP contribution in [0.2, 0.25) is 0 Å². The van der Waals surface area contributed by atoms with E-state index in [1.807, 2.05) is 18.2 Å². The SMILES string of the molecule is Cc1ccc(N)cc1NCc1cccc2ccccc12. The molecule has 0 spiro atoms. The number of anilines is 2. The summed E-state index contributed by atoms with van der Waals surface area (Å²) in [6, 6.07) is 20.8. The van der Waals surface area contributed by atoms with Gasteiger partial charge in [-0.05, 0) is 41.0 Å². The Morgan fingerprint density at radius 2 is 1.75 bits per heavy atom. The molecule has 0 amide bonds. The second kappa shape index (κ2) is 5.25. The number of nitrogen functional groups attached to an aromatic ring is 1. The van der Waals surface area contributed by atoms with Crippen molar-refractivity contribution >= 4 is 22.1 Å². The first-order valence-corrected chi connectivity index (χ1v) is 6.81. The lowest BCUT2D eigenvalue weighted by Gasteiger charge is -2.12. The minimum atomic E-state index is 0.788. The summed E-state index contributed by atoms with van der Waals surface area (Å²) in [6.45, 7) is 2.89. The molecule has 0 saturated carbocycles. The normalized spacial score (nSPS) is 10.7. The van der Waals surface area contributed by atoms with Gasteiger partial charge in [-0.1, -0.05) is 48.5 Å². The molecule has 3 aromatic carbocycles. The quantitative estimate of drug-likeness (QED) is 0.689. The van der Waals surface area contributed by atoms with Gasteiger partial charge in [-0.15, -0.1) is 0 Å². The topological polar surface area (TPSA) is 38.0 Å². The Morgan fingerprint density at radius 3 is 2.65 bits per heavy atom. The fourth-order valence-electron chi connectivity index (χ4n) is 2.47.